The number of aliphatic hydroxyl groups is 1. The molecule has 1 aromatic rings. The molecule has 0 radical (unpaired) electrons. The summed E-state index contributed by atoms with van der Waals surface area (Å²) in [6.45, 7) is 5.69. The van der Waals surface area contributed by atoms with Crippen molar-refractivity contribution in [3.8, 4) is 0 Å². The number of carbonyl (C=O) groups is 2. The maximum absolute atomic E-state index is 13.7. The third-order valence-corrected chi connectivity index (χ3v) is 7.11. The zero-order valence-electron chi connectivity index (χ0n) is 19.1. The molecule has 1 aliphatic carbocycles. The topological polar surface area (TPSA) is 144 Å². The van der Waals surface area contributed by atoms with Gasteiger partial charge < -0.3 is 20.1 Å². The number of rotatable bonds is 6. The minimum absolute atomic E-state index is 0.00237. The minimum Gasteiger partial charge on any atom is -0.494 e. The number of nitrogens with zero attached hydrogens (tertiary/aromatic N) is 4. The summed E-state index contributed by atoms with van der Waals surface area (Å²) < 4.78 is 30.3. The van der Waals surface area contributed by atoms with Crippen molar-refractivity contribution in [1.29, 1.82) is 0 Å². The van der Waals surface area contributed by atoms with Crippen molar-refractivity contribution >= 4 is 21.7 Å². The van der Waals surface area contributed by atoms with E-state index in [1.807, 2.05) is 20.8 Å². The predicted octanol–water partition coefficient (Wildman–Crippen LogP) is 0.578. The molecule has 11 nitrogen and oxygen atoms in total. The second kappa shape index (κ2) is 8.24. The van der Waals surface area contributed by atoms with Gasteiger partial charge in [-0.15, -0.1) is 5.10 Å². The largest absolute Gasteiger partial charge is 0.494 e. The fourth-order valence-corrected chi connectivity index (χ4v) is 5.35. The van der Waals surface area contributed by atoms with Crippen LogP contribution in [-0.4, -0.2) is 71.0 Å². The van der Waals surface area contributed by atoms with Gasteiger partial charge >= 0.3 is 0 Å². The number of β-amino-alcohol motifs (C(OH)–C–C–N with tert-alkyl or cyclic N) is 1. The molecule has 2 fully saturated rings. The van der Waals surface area contributed by atoms with Gasteiger partial charge in [-0.2, -0.15) is 0 Å². The van der Waals surface area contributed by atoms with Gasteiger partial charge in [-0.05, 0) is 18.3 Å². The van der Waals surface area contributed by atoms with Gasteiger partial charge in [0, 0.05) is 25.1 Å². The number of methoxy groups -OCH3 is 1. The number of aliphatic hydroxyl groups excluding tert-OH is 1. The maximum atomic E-state index is 13.7. The molecule has 12 heteroatoms. The Morgan fingerprint density at radius 1 is 1.27 bits per heavy atom. The molecule has 3 heterocycles. The summed E-state index contributed by atoms with van der Waals surface area (Å²) in [5.74, 6) is -0.582. The number of amides is 2. The second-order valence-corrected chi connectivity index (χ2v) is 11.5. The van der Waals surface area contributed by atoms with E-state index in [0.717, 1.165) is 29.4 Å². The molecule has 180 valence electrons. The Kier molecular flexibility index (Phi) is 5.85. The van der Waals surface area contributed by atoms with E-state index >= 15 is 0 Å². The van der Waals surface area contributed by atoms with Crippen molar-refractivity contribution in [3.63, 3.8) is 0 Å². The summed E-state index contributed by atoms with van der Waals surface area (Å²) in [4.78, 5) is 28.1. The number of nitrogens with one attached hydrogen (secondary N) is 1. The smallest absolute Gasteiger partial charge is 0.248 e. The van der Waals surface area contributed by atoms with Gasteiger partial charge in [0.2, 0.25) is 11.8 Å². The van der Waals surface area contributed by atoms with Crippen LogP contribution in [0.2, 0.25) is 0 Å². The van der Waals surface area contributed by atoms with Crippen molar-refractivity contribution in [2.45, 2.75) is 64.1 Å². The lowest BCUT2D eigenvalue weighted by Crippen LogP contribution is -2.50. The Hall–Kier alpha value is -2.73. The number of aromatic nitrogens is 3. The molecule has 2 aliphatic heterocycles. The van der Waals surface area contributed by atoms with Crippen LogP contribution in [0.5, 0.6) is 0 Å². The zero-order chi connectivity index (χ0) is 24.1. The van der Waals surface area contributed by atoms with Gasteiger partial charge in [-0.25, -0.2) is 13.1 Å². The standard InChI is InChI=1S/C21H29N5O6S/c1-21(2,3)18(26-9-14(23-24-26)12-5-6-12)20(29)25-8-13(27)7-16(25)19(28)22-15-10-33(30,31)11-17(15)32-4/h9-13,16,18,27H,5-8H2,1-4H3,(H,22,28)/t13-,16+,18-/m0/s1. The monoisotopic (exact) mass is 479 g/mol. The summed E-state index contributed by atoms with van der Waals surface area (Å²) >= 11 is 0. The van der Waals surface area contributed by atoms with Gasteiger partial charge in [0.15, 0.2) is 15.6 Å². The van der Waals surface area contributed by atoms with Crippen LogP contribution in [0.3, 0.4) is 0 Å². The first-order chi connectivity index (χ1) is 15.4. The molecule has 0 unspecified atom stereocenters. The fraction of sp³-hybridized carbons (Fsp3) is 0.619. The highest BCUT2D eigenvalue weighted by Gasteiger charge is 2.46. The number of hydrogen-bond acceptors (Lipinski definition) is 8. The third-order valence-electron chi connectivity index (χ3n) is 6.00. The van der Waals surface area contributed by atoms with Gasteiger partial charge in [0.1, 0.15) is 12.1 Å². The summed E-state index contributed by atoms with van der Waals surface area (Å²) in [6.07, 6.45) is 3.04. The van der Waals surface area contributed by atoms with Crippen LogP contribution < -0.4 is 5.32 Å². The summed E-state index contributed by atoms with van der Waals surface area (Å²) in [5, 5.41) is 23.1. The molecule has 2 amide bonds. The first-order valence-electron chi connectivity index (χ1n) is 10.8. The number of hydrogen-bond donors (Lipinski definition) is 2. The summed E-state index contributed by atoms with van der Waals surface area (Å²) in [6, 6.07) is -1.72. The van der Waals surface area contributed by atoms with Crippen LogP contribution in [0.1, 0.15) is 57.7 Å². The van der Waals surface area contributed by atoms with Crippen molar-refractivity contribution in [3.05, 3.63) is 34.2 Å². The van der Waals surface area contributed by atoms with Crippen molar-refractivity contribution in [2.24, 2.45) is 5.41 Å². The van der Waals surface area contributed by atoms with Crippen LogP contribution in [0, 0.1) is 5.41 Å². The lowest BCUT2D eigenvalue weighted by molar-refractivity contribution is -0.144. The maximum Gasteiger partial charge on any atom is 0.248 e. The van der Waals surface area contributed by atoms with Crippen molar-refractivity contribution in [1.82, 2.24) is 25.2 Å². The molecular weight excluding hydrogens is 450 g/mol. The zero-order valence-corrected chi connectivity index (χ0v) is 19.9. The average molecular weight is 480 g/mol. The first kappa shape index (κ1) is 23.4. The first-order valence-corrected chi connectivity index (χ1v) is 12.4. The van der Waals surface area contributed by atoms with E-state index in [1.165, 1.54) is 12.0 Å². The number of sulfone groups is 1. The SMILES string of the molecule is COC1=CS(=O)(=O)C=C1NC(=O)[C@H]1C[C@H](O)CN1C(=O)[C@H](n1cc(C2CC2)nn1)C(C)(C)C. The van der Waals surface area contributed by atoms with E-state index in [9.17, 15) is 23.1 Å². The minimum atomic E-state index is -3.65. The summed E-state index contributed by atoms with van der Waals surface area (Å²) in [7, 11) is -2.35. The normalized spacial score (nSPS) is 25.4. The van der Waals surface area contributed by atoms with Crippen molar-refractivity contribution < 1.29 is 27.9 Å². The van der Waals surface area contributed by atoms with Crippen LogP contribution >= 0.6 is 0 Å². The molecule has 0 spiro atoms. The molecular formula is C21H29N5O6S. The van der Waals surface area contributed by atoms with Crippen LogP contribution in [0.4, 0.5) is 0 Å². The molecule has 1 aromatic heterocycles. The molecule has 2 N–H and O–H groups in total. The molecule has 3 aliphatic rings. The lowest BCUT2D eigenvalue weighted by Gasteiger charge is -2.34. The Labute approximate surface area is 192 Å². The van der Waals surface area contributed by atoms with Crippen LogP contribution in [-0.2, 0) is 24.2 Å². The highest BCUT2D eigenvalue weighted by atomic mass is 32.2. The second-order valence-electron chi connectivity index (χ2n) is 9.86. The highest BCUT2D eigenvalue weighted by molar-refractivity contribution is 7.97. The van der Waals surface area contributed by atoms with E-state index in [2.05, 4.69) is 15.6 Å². The van der Waals surface area contributed by atoms with Crippen LogP contribution in [0.25, 0.3) is 0 Å². The number of carbonyl (C=O) groups excluding carboxylic acids is 2. The lowest BCUT2D eigenvalue weighted by atomic mass is 9.85. The molecule has 1 saturated heterocycles. The van der Waals surface area contributed by atoms with E-state index in [-0.39, 0.29) is 30.3 Å². The quantitative estimate of drug-likeness (QED) is 0.603. The average Bonchev–Trinajstić information content (AvgIpc) is 3.18. The molecule has 0 aromatic carbocycles. The Balaban J connectivity index is 1.58. The molecule has 33 heavy (non-hydrogen) atoms. The van der Waals surface area contributed by atoms with Gasteiger partial charge in [-0.3, -0.25) is 9.59 Å². The Morgan fingerprint density at radius 3 is 2.58 bits per heavy atom. The highest BCUT2D eigenvalue weighted by Crippen LogP contribution is 2.40. The van der Waals surface area contributed by atoms with E-state index in [1.54, 1.807) is 10.9 Å². The van der Waals surface area contributed by atoms with Crippen LogP contribution in [0.15, 0.2) is 28.5 Å². The molecule has 0 bridgehead atoms. The van der Waals surface area contributed by atoms with Gasteiger partial charge in [0.25, 0.3) is 0 Å². The molecule has 1 saturated carbocycles. The molecule has 4 rings (SSSR count). The van der Waals surface area contributed by atoms with E-state index < -0.39 is 39.3 Å². The van der Waals surface area contributed by atoms with Gasteiger partial charge in [0.05, 0.1) is 35.4 Å². The van der Waals surface area contributed by atoms with E-state index in [0.29, 0.717) is 5.92 Å². The fourth-order valence-electron chi connectivity index (χ4n) is 4.26. The van der Waals surface area contributed by atoms with Crippen molar-refractivity contribution in [2.75, 3.05) is 13.7 Å². The number of likely N-dealkylation sites (tertiary alicyclic amines) is 1. The Morgan fingerprint density at radius 2 is 1.97 bits per heavy atom. The van der Waals surface area contributed by atoms with Gasteiger partial charge in [-0.1, -0.05) is 26.0 Å². The summed E-state index contributed by atoms with van der Waals surface area (Å²) in [5.41, 5.74) is 0.295. The third kappa shape index (κ3) is 4.81. The Bertz CT molecular complexity index is 1130. The molecule has 3 atom stereocenters. The van der Waals surface area contributed by atoms with E-state index in [4.69, 9.17) is 4.74 Å². The number of ether oxygens (including phenoxy) is 1. The predicted molar refractivity (Wildman–Crippen MR) is 117 cm³/mol.